The summed E-state index contributed by atoms with van der Waals surface area (Å²) in [6.07, 6.45) is 8.92. The molecule has 1 unspecified atom stereocenters. The molecule has 0 heterocycles. The molecule has 142 valence electrons. The molecule has 3 nitrogen and oxygen atoms in total. The number of Topliss-reactive ketones (excluding diaryl/α,β-unsaturated/α-hetero) is 1. The Hall–Kier alpha value is -1.06. The molecular formula is C22H30ClNO2. The lowest BCUT2D eigenvalue weighted by Gasteiger charge is -2.45. The molecule has 0 amide bonds. The van der Waals surface area contributed by atoms with Crippen LogP contribution in [0.3, 0.4) is 0 Å². The predicted molar refractivity (Wildman–Crippen MR) is 105 cm³/mol. The summed E-state index contributed by atoms with van der Waals surface area (Å²) in [7, 11) is 1.74. The standard InChI is InChI=1S/C22H30ClNO2/c1-26-16-6-8-17-14(12-16)5-7-19-18(17)9-10-20-21(25)13-15(22(19)20)4-2-3-11-24-23/h6,8,12,15,18-20,22,24H,2-5,7,9-11,13H2,1H3/t15-,18-,19-,20?,22+/m1/s1. The number of aryl methyl sites for hydroxylation is 1. The predicted octanol–water partition coefficient (Wildman–Crippen LogP) is 4.87. The highest BCUT2D eigenvalue weighted by molar-refractivity contribution is 6.13. The van der Waals surface area contributed by atoms with Gasteiger partial charge in [-0.05, 0) is 97.2 Å². The number of hydrogen-bond donors (Lipinski definition) is 1. The Bertz CT molecular complexity index is 662. The highest BCUT2D eigenvalue weighted by Crippen LogP contribution is 2.57. The van der Waals surface area contributed by atoms with Crippen molar-refractivity contribution in [2.24, 2.45) is 23.7 Å². The molecule has 0 aliphatic heterocycles. The van der Waals surface area contributed by atoms with E-state index >= 15 is 0 Å². The molecule has 5 atom stereocenters. The van der Waals surface area contributed by atoms with E-state index in [1.807, 2.05) is 0 Å². The lowest BCUT2D eigenvalue weighted by molar-refractivity contribution is -0.122. The van der Waals surface area contributed by atoms with Gasteiger partial charge in [0.1, 0.15) is 11.5 Å². The molecule has 4 rings (SSSR count). The topological polar surface area (TPSA) is 38.3 Å². The average molecular weight is 376 g/mol. The van der Waals surface area contributed by atoms with Crippen LogP contribution in [-0.4, -0.2) is 19.4 Å². The lowest BCUT2D eigenvalue weighted by Crippen LogP contribution is -2.38. The third-order valence-electron chi connectivity index (χ3n) is 7.28. The van der Waals surface area contributed by atoms with Gasteiger partial charge in [0.25, 0.3) is 0 Å². The quantitative estimate of drug-likeness (QED) is 0.569. The van der Waals surface area contributed by atoms with Crippen LogP contribution in [0.15, 0.2) is 18.2 Å². The Labute approximate surface area is 161 Å². The van der Waals surface area contributed by atoms with E-state index in [1.54, 1.807) is 7.11 Å². The van der Waals surface area contributed by atoms with Gasteiger partial charge in [0.2, 0.25) is 0 Å². The molecule has 0 spiro atoms. The van der Waals surface area contributed by atoms with Crippen molar-refractivity contribution in [3.8, 4) is 5.75 Å². The number of halogens is 1. The number of unbranched alkanes of at least 4 members (excludes halogenated alkanes) is 1. The average Bonchev–Trinajstić information content (AvgIpc) is 3.00. The van der Waals surface area contributed by atoms with Crippen LogP contribution >= 0.6 is 11.8 Å². The van der Waals surface area contributed by atoms with Crippen molar-refractivity contribution >= 4 is 17.6 Å². The van der Waals surface area contributed by atoms with Crippen molar-refractivity contribution in [2.75, 3.05) is 13.7 Å². The Morgan fingerprint density at radius 3 is 2.85 bits per heavy atom. The highest BCUT2D eigenvalue weighted by Gasteiger charge is 2.51. The Morgan fingerprint density at radius 1 is 1.19 bits per heavy atom. The summed E-state index contributed by atoms with van der Waals surface area (Å²) in [5.41, 5.74) is 3.00. The summed E-state index contributed by atoms with van der Waals surface area (Å²) in [5, 5.41) is 0. The molecule has 2 saturated carbocycles. The second-order valence-electron chi connectivity index (χ2n) is 8.44. The number of ketones is 1. The molecule has 1 aromatic carbocycles. The van der Waals surface area contributed by atoms with Crippen molar-refractivity contribution in [3.63, 3.8) is 0 Å². The summed E-state index contributed by atoms with van der Waals surface area (Å²) >= 11 is 5.58. The summed E-state index contributed by atoms with van der Waals surface area (Å²) in [4.78, 5) is 15.4. The number of ether oxygens (including phenoxy) is 1. The molecule has 3 aliphatic rings. The Balaban J connectivity index is 1.53. The van der Waals surface area contributed by atoms with Gasteiger partial charge in [0.15, 0.2) is 0 Å². The monoisotopic (exact) mass is 375 g/mol. The van der Waals surface area contributed by atoms with E-state index in [4.69, 9.17) is 16.5 Å². The van der Waals surface area contributed by atoms with Crippen LogP contribution in [0.4, 0.5) is 0 Å². The summed E-state index contributed by atoms with van der Waals surface area (Å²) < 4.78 is 5.42. The van der Waals surface area contributed by atoms with Crippen molar-refractivity contribution in [3.05, 3.63) is 29.3 Å². The maximum Gasteiger partial charge on any atom is 0.136 e. The van der Waals surface area contributed by atoms with E-state index in [0.717, 1.165) is 38.0 Å². The molecule has 4 heteroatoms. The van der Waals surface area contributed by atoms with Crippen molar-refractivity contribution in [2.45, 2.75) is 57.3 Å². The number of hydrogen-bond acceptors (Lipinski definition) is 3. The van der Waals surface area contributed by atoms with E-state index in [2.05, 4.69) is 23.0 Å². The molecule has 2 fully saturated rings. The number of rotatable bonds is 6. The zero-order valence-electron chi connectivity index (χ0n) is 15.7. The van der Waals surface area contributed by atoms with E-state index in [1.165, 1.54) is 36.8 Å². The van der Waals surface area contributed by atoms with Gasteiger partial charge in [-0.1, -0.05) is 12.5 Å². The number of carbonyl (C=O) groups excluding carboxylic acids is 1. The maximum atomic E-state index is 12.7. The number of carbonyl (C=O) groups is 1. The number of benzene rings is 1. The van der Waals surface area contributed by atoms with Crippen LogP contribution < -0.4 is 9.57 Å². The third-order valence-corrected chi connectivity index (χ3v) is 7.47. The largest absolute Gasteiger partial charge is 0.497 e. The first kappa shape index (κ1) is 18.3. The van der Waals surface area contributed by atoms with Crippen molar-refractivity contribution < 1.29 is 9.53 Å². The first-order chi connectivity index (χ1) is 12.7. The SMILES string of the molecule is COc1ccc2c(c1)CC[C@H]1[C@H]3C(CC[C@H]21)C(=O)C[C@H]3CCCCNCl. The van der Waals surface area contributed by atoms with Crippen LogP contribution in [0.1, 0.15) is 62.0 Å². The first-order valence-corrected chi connectivity index (χ1v) is 10.6. The van der Waals surface area contributed by atoms with E-state index in [-0.39, 0.29) is 0 Å². The van der Waals surface area contributed by atoms with E-state index < -0.39 is 0 Å². The van der Waals surface area contributed by atoms with Gasteiger partial charge >= 0.3 is 0 Å². The van der Waals surface area contributed by atoms with Crippen LogP contribution in [0.2, 0.25) is 0 Å². The maximum absolute atomic E-state index is 12.7. The van der Waals surface area contributed by atoms with Gasteiger partial charge in [0.05, 0.1) is 7.11 Å². The van der Waals surface area contributed by atoms with Crippen LogP contribution in [-0.2, 0) is 11.2 Å². The molecule has 1 aromatic rings. The van der Waals surface area contributed by atoms with E-state index in [9.17, 15) is 4.79 Å². The number of methoxy groups -OCH3 is 1. The fourth-order valence-electron chi connectivity index (χ4n) is 6.21. The fraction of sp³-hybridized carbons (Fsp3) is 0.682. The molecular weight excluding hydrogens is 346 g/mol. The molecule has 3 aliphatic carbocycles. The minimum atomic E-state index is 0.340. The number of nitrogens with one attached hydrogen (secondary N) is 1. The van der Waals surface area contributed by atoms with Crippen LogP contribution in [0.25, 0.3) is 0 Å². The van der Waals surface area contributed by atoms with Gasteiger partial charge in [-0.2, -0.15) is 0 Å². The van der Waals surface area contributed by atoms with Gasteiger partial charge in [-0.25, -0.2) is 4.84 Å². The number of fused-ring (bicyclic) bond motifs is 5. The second kappa shape index (κ2) is 7.90. The minimum absolute atomic E-state index is 0.340. The summed E-state index contributed by atoms with van der Waals surface area (Å²) in [5.74, 6) is 4.40. The van der Waals surface area contributed by atoms with Crippen LogP contribution in [0, 0.1) is 23.7 Å². The van der Waals surface area contributed by atoms with Crippen LogP contribution in [0.5, 0.6) is 5.75 Å². The first-order valence-electron chi connectivity index (χ1n) is 10.3. The minimum Gasteiger partial charge on any atom is -0.497 e. The molecule has 0 bridgehead atoms. The zero-order chi connectivity index (χ0) is 18.1. The zero-order valence-corrected chi connectivity index (χ0v) is 16.4. The summed E-state index contributed by atoms with van der Waals surface area (Å²) in [6.45, 7) is 0.859. The summed E-state index contributed by atoms with van der Waals surface area (Å²) in [6, 6.07) is 6.64. The Morgan fingerprint density at radius 2 is 2.04 bits per heavy atom. The van der Waals surface area contributed by atoms with Crippen molar-refractivity contribution in [1.29, 1.82) is 0 Å². The molecule has 26 heavy (non-hydrogen) atoms. The normalized spacial score (nSPS) is 32.7. The molecule has 1 N–H and O–H groups in total. The van der Waals surface area contributed by atoms with Gasteiger partial charge in [0, 0.05) is 18.9 Å². The van der Waals surface area contributed by atoms with Gasteiger partial charge < -0.3 is 4.74 Å². The highest BCUT2D eigenvalue weighted by atomic mass is 35.5. The smallest absolute Gasteiger partial charge is 0.136 e. The van der Waals surface area contributed by atoms with Crippen molar-refractivity contribution in [1.82, 2.24) is 4.84 Å². The molecule has 0 radical (unpaired) electrons. The fourth-order valence-corrected chi connectivity index (χ4v) is 6.35. The third kappa shape index (κ3) is 3.29. The van der Waals surface area contributed by atoms with E-state index in [0.29, 0.717) is 35.4 Å². The Kier molecular flexibility index (Phi) is 5.56. The van der Waals surface area contributed by atoms with Gasteiger partial charge in [-0.15, -0.1) is 0 Å². The van der Waals surface area contributed by atoms with Gasteiger partial charge in [-0.3, -0.25) is 4.79 Å². The lowest BCUT2D eigenvalue weighted by atomic mass is 9.59. The second-order valence-corrected chi connectivity index (χ2v) is 8.71. The molecule has 0 saturated heterocycles. The molecule has 0 aromatic heterocycles.